The Morgan fingerprint density at radius 3 is 3.30 bits per heavy atom. The summed E-state index contributed by atoms with van der Waals surface area (Å²) in [7, 11) is 0. The van der Waals surface area contributed by atoms with E-state index < -0.39 is 0 Å². The van der Waals surface area contributed by atoms with Crippen molar-refractivity contribution in [2.24, 2.45) is 5.10 Å². The average molecular weight is 135 g/mol. The maximum absolute atomic E-state index is 4.08. The number of anilines is 1. The van der Waals surface area contributed by atoms with Crippen molar-refractivity contribution in [3.05, 3.63) is 12.3 Å². The molecule has 0 aliphatic carbocycles. The van der Waals surface area contributed by atoms with Gasteiger partial charge in [0, 0.05) is 25.2 Å². The van der Waals surface area contributed by atoms with Crippen LogP contribution in [0, 0.1) is 6.20 Å². The summed E-state index contributed by atoms with van der Waals surface area (Å²) in [6.45, 7) is 0.929. The summed E-state index contributed by atoms with van der Waals surface area (Å²) >= 11 is 0. The highest BCUT2D eigenvalue weighted by Crippen LogP contribution is 2.11. The van der Waals surface area contributed by atoms with E-state index in [0.29, 0.717) is 0 Å². The molecule has 1 aromatic rings. The summed E-state index contributed by atoms with van der Waals surface area (Å²) in [4.78, 5) is 0. The van der Waals surface area contributed by atoms with Crippen LogP contribution in [0.1, 0.15) is 6.42 Å². The first kappa shape index (κ1) is 5.46. The topological polar surface area (TPSA) is 44.3 Å². The Balaban J connectivity index is 2.20. The Labute approximate surface area is 58.5 Å². The summed E-state index contributed by atoms with van der Waals surface area (Å²) < 4.78 is 0. The molecular formula is C6H7N4. The van der Waals surface area contributed by atoms with Gasteiger partial charge in [0.15, 0.2) is 5.82 Å². The summed E-state index contributed by atoms with van der Waals surface area (Å²) in [6.07, 6.45) is 5.65. The number of aromatic nitrogens is 2. The largest absolute Gasteiger partial charge is 0.274 e. The molecule has 2 heterocycles. The molecule has 1 N–H and O–H groups in total. The number of nitrogens with one attached hydrogen (secondary N) is 1. The molecule has 1 radical (unpaired) electrons. The SMILES string of the molecule is [c]1cc(N2CCC=N2)n[nH]1. The standard InChI is InChI=1S/C6H7N4/c1-3-8-10(5-1)6-2-4-7-9-6/h2-3H,1,5H2,(H,7,9). The zero-order chi connectivity index (χ0) is 6.81. The van der Waals surface area contributed by atoms with Gasteiger partial charge in [-0.1, -0.05) is 0 Å². The molecule has 2 rings (SSSR count). The predicted octanol–water partition coefficient (Wildman–Crippen LogP) is 0.406. The number of nitrogens with zero attached hydrogens (tertiary/aromatic N) is 3. The van der Waals surface area contributed by atoms with Crippen LogP contribution in [-0.2, 0) is 0 Å². The molecule has 0 fully saturated rings. The van der Waals surface area contributed by atoms with Crippen molar-refractivity contribution in [1.82, 2.24) is 10.2 Å². The van der Waals surface area contributed by atoms with Crippen LogP contribution in [0.5, 0.6) is 0 Å². The Bertz CT molecular complexity index is 226. The summed E-state index contributed by atoms with van der Waals surface area (Å²) in [5.41, 5.74) is 0. The minimum atomic E-state index is 0.841. The molecule has 0 unspecified atom stereocenters. The molecule has 4 nitrogen and oxygen atoms in total. The van der Waals surface area contributed by atoms with E-state index in [1.54, 1.807) is 6.07 Å². The zero-order valence-corrected chi connectivity index (χ0v) is 5.41. The maximum atomic E-state index is 4.08. The first-order valence-corrected chi connectivity index (χ1v) is 3.18. The third-order valence-corrected chi connectivity index (χ3v) is 1.39. The first-order valence-electron chi connectivity index (χ1n) is 3.18. The third-order valence-electron chi connectivity index (χ3n) is 1.39. The third kappa shape index (κ3) is 0.775. The molecule has 0 amide bonds. The van der Waals surface area contributed by atoms with Crippen LogP contribution in [0.4, 0.5) is 5.82 Å². The lowest BCUT2D eigenvalue weighted by atomic mass is 10.5. The van der Waals surface area contributed by atoms with Crippen LogP contribution in [0.15, 0.2) is 11.2 Å². The van der Waals surface area contributed by atoms with E-state index in [0.717, 1.165) is 18.8 Å². The molecule has 0 saturated carbocycles. The van der Waals surface area contributed by atoms with E-state index in [-0.39, 0.29) is 0 Å². The normalized spacial score (nSPS) is 16.6. The second kappa shape index (κ2) is 2.13. The maximum Gasteiger partial charge on any atom is 0.171 e. The zero-order valence-electron chi connectivity index (χ0n) is 5.41. The highest BCUT2D eigenvalue weighted by Gasteiger charge is 2.08. The number of hydrazone groups is 1. The monoisotopic (exact) mass is 135 g/mol. The Morgan fingerprint density at radius 2 is 2.70 bits per heavy atom. The molecule has 1 aliphatic rings. The minimum absolute atomic E-state index is 0.841. The quantitative estimate of drug-likeness (QED) is 0.606. The predicted molar refractivity (Wildman–Crippen MR) is 37.9 cm³/mol. The lowest BCUT2D eigenvalue weighted by Gasteiger charge is -2.07. The molecule has 51 valence electrons. The number of aromatic amines is 1. The van der Waals surface area contributed by atoms with Crippen molar-refractivity contribution in [2.45, 2.75) is 6.42 Å². The molecular weight excluding hydrogens is 128 g/mol. The van der Waals surface area contributed by atoms with Crippen LogP contribution >= 0.6 is 0 Å². The summed E-state index contributed by atoms with van der Waals surface area (Å²) in [5, 5.41) is 12.5. The van der Waals surface area contributed by atoms with Gasteiger partial charge in [-0.15, -0.1) is 0 Å². The fourth-order valence-electron chi connectivity index (χ4n) is 0.919. The van der Waals surface area contributed by atoms with E-state index >= 15 is 0 Å². The smallest absolute Gasteiger partial charge is 0.171 e. The van der Waals surface area contributed by atoms with Gasteiger partial charge in [0.05, 0.1) is 6.20 Å². The van der Waals surface area contributed by atoms with Crippen molar-refractivity contribution in [3.8, 4) is 0 Å². The van der Waals surface area contributed by atoms with E-state index in [1.807, 2.05) is 11.2 Å². The Morgan fingerprint density at radius 1 is 1.70 bits per heavy atom. The van der Waals surface area contributed by atoms with Crippen molar-refractivity contribution in [3.63, 3.8) is 0 Å². The Kier molecular flexibility index (Phi) is 1.16. The van der Waals surface area contributed by atoms with Gasteiger partial charge in [0.2, 0.25) is 0 Å². The lowest BCUT2D eigenvalue weighted by Crippen LogP contribution is -2.11. The summed E-state index contributed by atoms with van der Waals surface area (Å²) in [6, 6.07) is 1.78. The van der Waals surface area contributed by atoms with E-state index in [4.69, 9.17) is 0 Å². The van der Waals surface area contributed by atoms with Crippen molar-refractivity contribution in [1.29, 1.82) is 0 Å². The van der Waals surface area contributed by atoms with E-state index in [2.05, 4.69) is 21.5 Å². The average Bonchev–Trinajstić information content (AvgIpc) is 2.59. The number of rotatable bonds is 1. The molecule has 0 bridgehead atoms. The number of H-pyrrole nitrogens is 1. The molecule has 10 heavy (non-hydrogen) atoms. The van der Waals surface area contributed by atoms with Crippen LogP contribution in [0.2, 0.25) is 0 Å². The van der Waals surface area contributed by atoms with Gasteiger partial charge in [0.1, 0.15) is 0 Å². The molecule has 0 atom stereocenters. The van der Waals surface area contributed by atoms with Gasteiger partial charge in [-0.05, 0) is 0 Å². The number of hydrogen-bond acceptors (Lipinski definition) is 3. The molecule has 4 heteroatoms. The Hall–Kier alpha value is -1.32. The first-order chi connectivity index (χ1) is 4.97. The molecule has 1 aromatic heterocycles. The highest BCUT2D eigenvalue weighted by molar-refractivity contribution is 5.63. The minimum Gasteiger partial charge on any atom is -0.274 e. The van der Waals surface area contributed by atoms with Crippen LogP contribution in [-0.4, -0.2) is 23.0 Å². The molecule has 0 saturated heterocycles. The second-order valence-corrected chi connectivity index (χ2v) is 2.08. The summed E-state index contributed by atoms with van der Waals surface area (Å²) in [5.74, 6) is 0.841. The molecule has 0 spiro atoms. The van der Waals surface area contributed by atoms with Crippen LogP contribution in [0.25, 0.3) is 0 Å². The second-order valence-electron chi connectivity index (χ2n) is 2.08. The highest BCUT2D eigenvalue weighted by atomic mass is 15.5. The fraction of sp³-hybridized carbons (Fsp3) is 0.333. The van der Waals surface area contributed by atoms with Crippen molar-refractivity contribution >= 4 is 12.0 Å². The van der Waals surface area contributed by atoms with Gasteiger partial charge in [-0.3, -0.25) is 5.10 Å². The van der Waals surface area contributed by atoms with Crippen molar-refractivity contribution in [2.75, 3.05) is 11.6 Å². The van der Waals surface area contributed by atoms with Gasteiger partial charge in [-0.25, -0.2) is 5.01 Å². The number of hydrogen-bond donors (Lipinski definition) is 1. The van der Waals surface area contributed by atoms with Gasteiger partial charge < -0.3 is 0 Å². The fourth-order valence-corrected chi connectivity index (χ4v) is 0.919. The molecule has 0 aromatic carbocycles. The van der Waals surface area contributed by atoms with Gasteiger partial charge in [-0.2, -0.15) is 10.2 Å². The van der Waals surface area contributed by atoms with Gasteiger partial charge >= 0.3 is 0 Å². The van der Waals surface area contributed by atoms with E-state index in [1.165, 1.54) is 0 Å². The lowest BCUT2D eigenvalue weighted by molar-refractivity contribution is 0.885. The van der Waals surface area contributed by atoms with Crippen LogP contribution in [0.3, 0.4) is 0 Å². The van der Waals surface area contributed by atoms with Crippen molar-refractivity contribution < 1.29 is 0 Å². The molecule has 1 aliphatic heterocycles. The van der Waals surface area contributed by atoms with Crippen LogP contribution < -0.4 is 5.01 Å². The van der Waals surface area contributed by atoms with Gasteiger partial charge in [0.25, 0.3) is 0 Å². The van der Waals surface area contributed by atoms with E-state index in [9.17, 15) is 0 Å².